The lowest BCUT2D eigenvalue weighted by molar-refractivity contribution is 0.406. The number of hydrogen-bond donors (Lipinski definition) is 0. The minimum atomic E-state index is 0.0235. The van der Waals surface area contributed by atoms with Crippen molar-refractivity contribution < 1.29 is 9.47 Å². The van der Waals surface area contributed by atoms with Crippen LogP contribution in [0.2, 0.25) is 0 Å². The summed E-state index contributed by atoms with van der Waals surface area (Å²) in [6.45, 7) is 13.3. The maximum Gasteiger partial charge on any atom is 0.141 e. The smallest absolute Gasteiger partial charge is 0.141 e. The van der Waals surface area contributed by atoms with Crippen molar-refractivity contribution in [3.05, 3.63) is 44.3 Å². The lowest BCUT2D eigenvalue weighted by Gasteiger charge is -2.25. The third-order valence-corrected chi connectivity index (χ3v) is 5.70. The van der Waals surface area contributed by atoms with E-state index in [-0.39, 0.29) is 10.8 Å². The van der Waals surface area contributed by atoms with E-state index in [1.807, 2.05) is 0 Å². The van der Waals surface area contributed by atoms with Gasteiger partial charge in [-0.15, -0.1) is 0 Å². The topological polar surface area (TPSA) is 18.5 Å². The highest BCUT2D eigenvalue weighted by Gasteiger charge is 2.24. The summed E-state index contributed by atoms with van der Waals surface area (Å²) in [5.41, 5.74) is 4.57. The zero-order valence-corrected chi connectivity index (χ0v) is 20.1. The van der Waals surface area contributed by atoms with Crippen molar-refractivity contribution in [2.75, 3.05) is 14.2 Å². The van der Waals surface area contributed by atoms with E-state index in [4.69, 9.17) is 9.47 Å². The fourth-order valence-corrected chi connectivity index (χ4v) is 4.11. The highest BCUT2D eigenvalue weighted by Crippen LogP contribution is 2.47. The first-order valence-electron chi connectivity index (χ1n) is 8.66. The molecule has 0 amide bonds. The summed E-state index contributed by atoms with van der Waals surface area (Å²) in [4.78, 5) is 0. The monoisotopic (exact) mass is 482 g/mol. The number of halogens is 2. The second-order valence-electron chi connectivity index (χ2n) is 8.58. The number of ether oxygens (including phenoxy) is 2. The molecule has 0 saturated heterocycles. The van der Waals surface area contributed by atoms with Crippen molar-refractivity contribution in [3.63, 3.8) is 0 Å². The molecule has 2 aromatic rings. The molecule has 2 rings (SSSR count). The van der Waals surface area contributed by atoms with Gasteiger partial charge in [-0.25, -0.2) is 0 Å². The highest BCUT2D eigenvalue weighted by atomic mass is 79.9. The normalized spacial score (nSPS) is 12.2. The molecule has 4 heteroatoms. The third-order valence-electron chi connectivity index (χ3n) is 4.52. The Labute approximate surface area is 174 Å². The summed E-state index contributed by atoms with van der Waals surface area (Å²) >= 11 is 7.39. The van der Waals surface area contributed by atoms with Crippen LogP contribution in [0.1, 0.15) is 52.7 Å². The van der Waals surface area contributed by atoms with Crippen LogP contribution in [0.4, 0.5) is 0 Å². The van der Waals surface area contributed by atoms with Gasteiger partial charge in [0, 0.05) is 11.1 Å². The third kappa shape index (κ3) is 4.28. The van der Waals surface area contributed by atoms with Crippen LogP contribution in [-0.4, -0.2) is 14.2 Å². The Hall–Kier alpha value is -1.00. The molecule has 0 radical (unpaired) electrons. The van der Waals surface area contributed by atoms with Crippen molar-refractivity contribution in [3.8, 4) is 22.6 Å². The summed E-state index contributed by atoms with van der Waals surface area (Å²) in [5.74, 6) is 1.63. The van der Waals surface area contributed by atoms with Gasteiger partial charge in [-0.2, -0.15) is 0 Å². The number of rotatable bonds is 3. The molecule has 26 heavy (non-hydrogen) atoms. The van der Waals surface area contributed by atoms with E-state index in [0.29, 0.717) is 0 Å². The fourth-order valence-electron chi connectivity index (χ4n) is 2.87. The maximum atomic E-state index is 5.75. The molecular weight excluding hydrogens is 456 g/mol. The molecule has 0 aromatic heterocycles. The Kier molecular flexibility index (Phi) is 6.19. The first kappa shape index (κ1) is 21.3. The second kappa shape index (κ2) is 7.55. The van der Waals surface area contributed by atoms with Gasteiger partial charge in [0.15, 0.2) is 0 Å². The van der Waals surface area contributed by atoms with Gasteiger partial charge in [0.05, 0.1) is 23.2 Å². The molecule has 0 fully saturated rings. The van der Waals surface area contributed by atoms with Gasteiger partial charge < -0.3 is 9.47 Å². The molecule has 0 saturated carbocycles. The Morgan fingerprint density at radius 1 is 0.615 bits per heavy atom. The van der Waals surface area contributed by atoms with E-state index < -0.39 is 0 Å². The highest BCUT2D eigenvalue weighted by molar-refractivity contribution is 9.11. The lowest BCUT2D eigenvalue weighted by Crippen LogP contribution is -2.13. The van der Waals surface area contributed by atoms with E-state index in [1.54, 1.807) is 14.2 Å². The van der Waals surface area contributed by atoms with Gasteiger partial charge in [0.25, 0.3) is 0 Å². The summed E-state index contributed by atoms with van der Waals surface area (Å²) in [6, 6.07) is 8.69. The average molecular weight is 484 g/mol. The van der Waals surface area contributed by atoms with Crippen LogP contribution in [0.5, 0.6) is 11.5 Å². The van der Waals surface area contributed by atoms with Crippen molar-refractivity contribution in [1.29, 1.82) is 0 Å². The van der Waals surface area contributed by atoms with E-state index in [1.165, 1.54) is 11.1 Å². The van der Waals surface area contributed by atoms with Crippen LogP contribution in [0.15, 0.2) is 33.2 Å². The standard InChI is InChI=1S/C22H28Br2O2/c1-21(2,3)13-9-15(19(25-7)17(23)11-13)16-10-14(22(4,5)6)12-18(24)20(16)26-8/h9-12H,1-8H3. The molecule has 0 aliphatic carbocycles. The van der Waals surface area contributed by atoms with Crippen LogP contribution in [0.25, 0.3) is 11.1 Å². The molecule has 0 unspecified atom stereocenters. The predicted molar refractivity (Wildman–Crippen MR) is 118 cm³/mol. The minimum absolute atomic E-state index is 0.0235. The van der Waals surface area contributed by atoms with Crippen LogP contribution >= 0.6 is 31.9 Å². The van der Waals surface area contributed by atoms with E-state index in [0.717, 1.165) is 31.6 Å². The predicted octanol–water partition coefficient (Wildman–Crippen LogP) is 7.49. The molecule has 0 heterocycles. The average Bonchev–Trinajstić information content (AvgIpc) is 2.51. The number of hydrogen-bond acceptors (Lipinski definition) is 2. The molecule has 2 nitrogen and oxygen atoms in total. The molecule has 2 aromatic carbocycles. The SMILES string of the molecule is COc1c(Br)cc(C(C)(C)C)cc1-c1cc(C(C)(C)C)cc(Br)c1OC. The molecule has 0 aliphatic rings. The quantitative estimate of drug-likeness (QED) is 0.450. The first-order valence-corrected chi connectivity index (χ1v) is 10.2. The second-order valence-corrected chi connectivity index (χ2v) is 10.3. The maximum absolute atomic E-state index is 5.75. The van der Waals surface area contributed by atoms with Gasteiger partial charge in [0.2, 0.25) is 0 Å². The Bertz CT molecular complexity index is 743. The van der Waals surface area contributed by atoms with Crippen molar-refractivity contribution >= 4 is 31.9 Å². The fraction of sp³-hybridized carbons (Fsp3) is 0.455. The van der Waals surface area contributed by atoms with Crippen LogP contribution in [0, 0.1) is 0 Å². The van der Waals surface area contributed by atoms with E-state index >= 15 is 0 Å². The van der Waals surface area contributed by atoms with Crippen molar-refractivity contribution in [2.24, 2.45) is 0 Å². The van der Waals surface area contributed by atoms with Crippen LogP contribution < -0.4 is 9.47 Å². The van der Waals surface area contributed by atoms with Gasteiger partial charge in [-0.3, -0.25) is 0 Å². The molecule has 0 atom stereocenters. The zero-order chi connectivity index (χ0) is 19.9. The molecule has 0 N–H and O–H groups in total. The van der Waals surface area contributed by atoms with E-state index in [2.05, 4.69) is 97.7 Å². The molecule has 0 aliphatic heterocycles. The van der Waals surface area contributed by atoms with Crippen molar-refractivity contribution in [2.45, 2.75) is 52.4 Å². The number of methoxy groups -OCH3 is 2. The van der Waals surface area contributed by atoms with Crippen molar-refractivity contribution in [1.82, 2.24) is 0 Å². The van der Waals surface area contributed by atoms with Crippen LogP contribution in [-0.2, 0) is 10.8 Å². The molecule has 0 bridgehead atoms. The minimum Gasteiger partial charge on any atom is -0.495 e. The molecule has 142 valence electrons. The van der Waals surface area contributed by atoms with E-state index in [9.17, 15) is 0 Å². The first-order chi connectivity index (χ1) is 11.9. The van der Waals surface area contributed by atoms with Gasteiger partial charge >= 0.3 is 0 Å². The molecular formula is C22H28Br2O2. The summed E-state index contributed by atoms with van der Waals surface area (Å²) in [7, 11) is 3.41. The molecule has 0 spiro atoms. The van der Waals surface area contributed by atoms with Gasteiger partial charge in [-0.05, 0) is 78.1 Å². The number of benzene rings is 2. The van der Waals surface area contributed by atoms with Crippen LogP contribution in [0.3, 0.4) is 0 Å². The summed E-state index contributed by atoms with van der Waals surface area (Å²) < 4.78 is 13.4. The van der Waals surface area contributed by atoms with Gasteiger partial charge in [0.1, 0.15) is 11.5 Å². The Morgan fingerprint density at radius 2 is 0.923 bits per heavy atom. The Morgan fingerprint density at radius 3 is 1.15 bits per heavy atom. The van der Waals surface area contributed by atoms with Gasteiger partial charge in [-0.1, -0.05) is 41.5 Å². The zero-order valence-electron chi connectivity index (χ0n) is 16.9. The largest absolute Gasteiger partial charge is 0.495 e. The summed E-state index contributed by atoms with van der Waals surface area (Å²) in [5, 5.41) is 0. The Balaban J connectivity index is 2.90. The summed E-state index contributed by atoms with van der Waals surface area (Å²) in [6.07, 6.45) is 0. The lowest BCUT2D eigenvalue weighted by atomic mass is 9.83.